The van der Waals surface area contributed by atoms with Crippen molar-refractivity contribution in [3.63, 3.8) is 0 Å². The Morgan fingerprint density at radius 3 is 2.19 bits per heavy atom. The number of anilines is 1. The van der Waals surface area contributed by atoms with E-state index in [0.29, 0.717) is 12.1 Å². The maximum Gasteiger partial charge on any atom is 0.416 e. The Balaban J connectivity index is 1.92. The van der Waals surface area contributed by atoms with Gasteiger partial charge < -0.3 is 5.01 Å². The molecule has 3 aromatic rings. The third kappa shape index (κ3) is 5.36. The Morgan fingerprint density at radius 2 is 1.58 bits per heavy atom. The van der Waals surface area contributed by atoms with Gasteiger partial charge in [-0.25, -0.2) is 5.01 Å². The second kappa shape index (κ2) is 9.84. The van der Waals surface area contributed by atoms with E-state index in [2.05, 4.69) is 18.0 Å². The fourth-order valence-corrected chi connectivity index (χ4v) is 3.74. The van der Waals surface area contributed by atoms with Gasteiger partial charge in [0.25, 0.3) is 0 Å². The van der Waals surface area contributed by atoms with Crippen LogP contribution in [0.4, 0.5) is 18.9 Å². The quantitative estimate of drug-likeness (QED) is 0.295. The number of nitrogens with zero attached hydrogens (tertiary/aromatic N) is 3. The molecule has 0 atom stereocenters. The zero-order valence-corrected chi connectivity index (χ0v) is 17.8. The molecule has 0 saturated heterocycles. The van der Waals surface area contributed by atoms with E-state index >= 15 is 0 Å². The SMILES string of the molecule is CCCCCN(c1ccc(C#N)c2ccccc12)N(C)Cc1ccc(C(F)(F)F)cc1. The average molecular weight is 425 g/mol. The first-order chi connectivity index (χ1) is 14.8. The van der Waals surface area contributed by atoms with Crippen LogP contribution in [-0.4, -0.2) is 18.6 Å². The standard InChI is InChI=1S/C25H26F3N3/c1-3-4-7-16-31(24-15-12-20(17-29)22-8-5-6-9-23(22)24)30(2)18-19-10-13-21(14-11-19)25(26,27)28/h5-6,8-15H,3-4,7,16,18H2,1-2H3. The van der Waals surface area contributed by atoms with Crippen molar-refractivity contribution in [2.24, 2.45) is 0 Å². The lowest BCUT2D eigenvalue weighted by Gasteiger charge is -2.35. The summed E-state index contributed by atoms with van der Waals surface area (Å²) in [4.78, 5) is 0. The number of rotatable bonds is 8. The van der Waals surface area contributed by atoms with Crippen molar-refractivity contribution in [1.29, 1.82) is 5.26 Å². The van der Waals surface area contributed by atoms with E-state index in [0.717, 1.165) is 60.0 Å². The van der Waals surface area contributed by atoms with Crippen molar-refractivity contribution < 1.29 is 13.2 Å². The molecule has 0 saturated carbocycles. The Bertz CT molecular complexity index is 1050. The number of fused-ring (bicyclic) bond motifs is 1. The van der Waals surface area contributed by atoms with Crippen molar-refractivity contribution in [2.45, 2.75) is 38.9 Å². The van der Waals surface area contributed by atoms with Crippen LogP contribution in [-0.2, 0) is 12.7 Å². The van der Waals surface area contributed by atoms with Crippen LogP contribution in [0.1, 0.15) is 42.9 Å². The molecule has 0 radical (unpaired) electrons. The van der Waals surface area contributed by atoms with Gasteiger partial charge in [0.1, 0.15) is 0 Å². The second-order valence-corrected chi connectivity index (χ2v) is 7.63. The highest BCUT2D eigenvalue weighted by molar-refractivity contribution is 5.97. The fraction of sp³-hybridized carbons (Fsp3) is 0.320. The first-order valence-corrected chi connectivity index (χ1v) is 10.4. The molecule has 0 spiro atoms. The second-order valence-electron chi connectivity index (χ2n) is 7.63. The number of benzene rings is 3. The third-order valence-electron chi connectivity index (χ3n) is 5.38. The summed E-state index contributed by atoms with van der Waals surface area (Å²) >= 11 is 0. The van der Waals surface area contributed by atoms with Gasteiger partial charge in [0.2, 0.25) is 0 Å². The van der Waals surface area contributed by atoms with E-state index in [1.54, 1.807) is 0 Å². The van der Waals surface area contributed by atoms with Crippen LogP contribution in [0.3, 0.4) is 0 Å². The molecule has 0 N–H and O–H groups in total. The normalized spacial score (nSPS) is 11.6. The third-order valence-corrected chi connectivity index (χ3v) is 5.38. The molecule has 0 aliphatic carbocycles. The van der Waals surface area contributed by atoms with Crippen LogP contribution in [0.2, 0.25) is 0 Å². The van der Waals surface area contributed by atoms with Crippen molar-refractivity contribution in [2.75, 3.05) is 18.6 Å². The Hall–Kier alpha value is -3.04. The minimum Gasteiger partial charge on any atom is -0.305 e. The molecule has 0 aromatic heterocycles. The fourth-order valence-electron chi connectivity index (χ4n) is 3.74. The predicted molar refractivity (Wildman–Crippen MR) is 118 cm³/mol. The van der Waals surface area contributed by atoms with Crippen LogP contribution in [0, 0.1) is 11.3 Å². The van der Waals surface area contributed by atoms with Gasteiger partial charge in [-0.05, 0) is 36.2 Å². The molecule has 3 nitrogen and oxygen atoms in total. The van der Waals surface area contributed by atoms with Crippen LogP contribution in [0.15, 0.2) is 60.7 Å². The summed E-state index contributed by atoms with van der Waals surface area (Å²) in [6.07, 6.45) is -1.18. The minimum atomic E-state index is -4.34. The lowest BCUT2D eigenvalue weighted by molar-refractivity contribution is -0.137. The summed E-state index contributed by atoms with van der Waals surface area (Å²) < 4.78 is 38.6. The summed E-state index contributed by atoms with van der Waals surface area (Å²) in [7, 11) is 1.94. The van der Waals surface area contributed by atoms with Crippen molar-refractivity contribution in [3.8, 4) is 6.07 Å². The van der Waals surface area contributed by atoms with Gasteiger partial charge in [-0.15, -0.1) is 0 Å². The smallest absolute Gasteiger partial charge is 0.305 e. The molecule has 162 valence electrons. The molecule has 0 bridgehead atoms. The molecule has 0 fully saturated rings. The molecular formula is C25H26F3N3. The first-order valence-electron chi connectivity index (χ1n) is 10.4. The van der Waals surface area contributed by atoms with E-state index in [9.17, 15) is 18.4 Å². The van der Waals surface area contributed by atoms with Crippen molar-refractivity contribution in [1.82, 2.24) is 5.01 Å². The number of halogens is 3. The molecule has 3 rings (SSSR count). The first kappa shape index (κ1) is 22.6. The van der Waals surface area contributed by atoms with Crippen LogP contribution >= 0.6 is 0 Å². The number of hydrogen-bond acceptors (Lipinski definition) is 3. The number of hydrogen-bond donors (Lipinski definition) is 0. The Morgan fingerprint density at radius 1 is 0.903 bits per heavy atom. The lowest BCUT2D eigenvalue weighted by Crippen LogP contribution is -2.40. The zero-order valence-electron chi connectivity index (χ0n) is 17.8. The molecule has 0 heterocycles. The summed E-state index contributed by atoms with van der Waals surface area (Å²) in [5, 5.41) is 15.5. The van der Waals surface area contributed by atoms with E-state index in [-0.39, 0.29) is 0 Å². The van der Waals surface area contributed by atoms with E-state index in [1.807, 2.05) is 48.5 Å². The zero-order chi connectivity index (χ0) is 22.4. The maximum atomic E-state index is 12.9. The minimum absolute atomic E-state index is 0.471. The number of nitriles is 1. The number of alkyl halides is 3. The molecule has 0 aliphatic rings. The molecular weight excluding hydrogens is 399 g/mol. The van der Waals surface area contributed by atoms with Gasteiger partial charge in [0, 0.05) is 30.9 Å². The van der Waals surface area contributed by atoms with Crippen LogP contribution in [0.5, 0.6) is 0 Å². The topological polar surface area (TPSA) is 30.3 Å². The molecule has 0 aliphatic heterocycles. The Labute approximate surface area is 181 Å². The number of hydrazine groups is 1. The summed E-state index contributed by atoms with van der Waals surface area (Å²) in [5.74, 6) is 0. The highest BCUT2D eigenvalue weighted by atomic mass is 19.4. The Kier molecular flexibility index (Phi) is 7.19. The van der Waals surface area contributed by atoms with Gasteiger partial charge in [-0.3, -0.25) is 0 Å². The molecule has 6 heteroatoms. The van der Waals surface area contributed by atoms with E-state index in [4.69, 9.17) is 0 Å². The predicted octanol–water partition coefficient (Wildman–Crippen LogP) is 6.77. The number of unbranched alkanes of at least 4 members (excludes halogenated alkanes) is 2. The van der Waals surface area contributed by atoms with Gasteiger partial charge >= 0.3 is 6.18 Å². The summed E-state index contributed by atoms with van der Waals surface area (Å²) in [5.41, 5.74) is 1.77. The van der Waals surface area contributed by atoms with Crippen molar-refractivity contribution >= 4 is 16.5 Å². The maximum absolute atomic E-state index is 12.9. The molecule has 0 unspecified atom stereocenters. The van der Waals surface area contributed by atoms with Crippen molar-refractivity contribution in [3.05, 3.63) is 77.4 Å². The van der Waals surface area contributed by atoms with Crippen LogP contribution in [0.25, 0.3) is 10.8 Å². The highest BCUT2D eigenvalue weighted by Gasteiger charge is 2.30. The van der Waals surface area contributed by atoms with E-state index in [1.165, 1.54) is 12.1 Å². The van der Waals surface area contributed by atoms with Gasteiger partial charge in [-0.2, -0.15) is 18.4 Å². The highest BCUT2D eigenvalue weighted by Crippen LogP contribution is 2.32. The summed E-state index contributed by atoms with van der Waals surface area (Å²) in [6.45, 7) is 3.40. The summed E-state index contributed by atoms with van der Waals surface area (Å²) in [6, 6.07) is 19.2. The van der Waals surface area contributed by atoms with E-state index < -0.39 is 11.7 Å². The van der Waals surface area contributed by atoms with Gasteiger partial charge in [-0.1, -0.05) is 56.2 Å². The molecule has 31 heavy (non-hydrogen) atoms. The molecule has 3 aromatic carbocycles. The lowest BCUT2D eigenvalue weighted by atomic mass is 10.0. The van der Waals surface area contributed by atoms with Crippen LogP contribution < -0.4 is 5.01 Å². The average Bonchev–Trinajstić information content (AvgIpc) is 2.76. The monoisotopic (exact) mass is 425 g/mol. The van der Waals surface area contributed by atoms with Gasteiger partial charge in [0.05, 0.1) is 22.9 Å². The molecule has 0 amide bonds. The largest absolute Gasteiger partial charge is 0.416 e. The van der Waals surface area contributed by atoms with Gasteiger partial charge in [0.15, 0.2) is 0 Å².